The maximum Gasteiger partial charge on any atom is 0.118 e. The van der Waals surface area contributed by atoms with Crippen LogP contribution < -0.4 is 10.6 Å². The van der Waals surface area contributed by atoms with Crippen molar-refractivity contribution in [3.8, 4) is 0 Å². The maximum atomic E-state index is 8.22. The van der Waals surface area contributed by atoms with Crippen molar-refractivity contribution in [2.75, 3.05) is 33.2 Å². The molecule has 30 heavy (non-hydrogen) atoms. The Morgan fingerprint density at radius 3 is 2.27 bits per heavy atom. The number of rotatable bonds is 9. The Morgan fingerprint density at radius 2 is 1.73 bits per heavy atom. The van der Waals surface area contributed by atoms with Gasteiger partial charge < -0.3 is 26.4 Å². The zero-order valence-electron chi connectivity index (χ0n) is 19.8. The van der Waals surface area contributed by atoms with Crippen molar-refractivity contribution in [3.63, 3.8) is 0 Å². The van der Waals surface area contributed by atoms with Crippen molar-refractivity contribution >= 4 is 17.3 Å². The van der Waals surface area contributed by atoms with E-state index in [0.717, 1.165) is 12.2 Å². The van der Waals surface area contributed by atoms with Gasteiger partial charge in [0.1, 0.15) is 5.84 Å². The molecule has 1 spiro atoms. The summed E-state index contributed by atoms with van der Waals surface area (Å²) in [5, 5.41) is 30.5. The molecule has 2 aliphatic rings. The molecule has 1 saturated carbocycles. The molecule has 168 valence electrons. The van der Waals surface area contributed by atoms with E-state index < -0.39 is 0 Å². The second-order valence-corrected chi connectivity index (χ2v) is 10.3. The molecule has 1 atom stereocenters. The molecule has 6 heteroatoms. The van der Waals surface area contributed by atoms with Crippen molar-refractivity contribution in [2.24, 2.45) is 16.7 Å². The topological polar surface area (TPSA) is 98.9 Å². The predicted octanol–water partition coefficient (Wildman–Crippen LogP) is 4.20. The van der Waals surface area contributed by atoms with Gasteiger partial charge in [0.05, 0.1) is 5.71 Å². The average molecular weight is 415 g/mol. The number of nitrogens with zero attached hydrogens (tertiary/aromatic N) is 1. The van der Waals surface area contributed by atoms with Crippen molar-refractivity contribution in [1.82, 2.24) is 15.5 Å². The molecule has 6 nitrogen and oxygen atoms in total. The lowest BCUT2D eigenvalue weighted by Gasteiger charge is -2.34. The molecule has 2 fully saturated rings. The number of hydrogen-bond donors (Lipinski definition) is 5. The van der Waals surface area contributed by atoms with Crippen LogP contribution in [0.2, 0.25) is 0 Å². The van der Waals surface area contributed by atoms with E-state index in [-0.39, 0.29) is 5.71 Å². The van der Waals surface area contributed by atoms with E-state index in [1.165, 1.54) is 45.3 Å². The molecule has 0 aromatic heterocycles. The van der Waals surface area contributed by atoms with Crippen LogP contribution in [0.25, 0.3) is 0 Å². The third-order valence-corrected chi connectivity index (χ3v) is 6.74. The highest BCUT2D eigenvalue weighted by Crippen LogP contribution is 2.59. The molecular weight excluding hydrogens is 372 g/mol. The van der Waals surface area contributed by atoms with Crippen molar-refractivity contribution in [1.29, 1.82) is 16.2 Å². The number of allylic oxidation sites excluding steroid dienone is 3. The lowest BCUT2D eigenvalue weighted by molar-refractivity contribution is 0.146. The van der Waals surface area contributed by atoms with Crippen LogP contribution in [-0.4, -0.2) is 55.4 Å². The van der Waals surface area contributed by atoms with Crippen LogP contribution in [0.4, 0.5) is 0 Å². The second-order valence-electron chi connectivity index (χ2n) is 10.3. The normalized spacial score (nSPS) is 22.0. The number of amidine groups is 1. The van der Waals surface area contributed by atoms with Gasteiger partial charge in [-0.25, -0.2) is 0 Å². The Labute approximate surface area is 183 Å². The van der Waals surface area contributed by atoms with Gasteiger partial charge in [0.15, 0.2) is 0 Å². The summed E-state index contributed by atoms with van der Waals surface area (Å²) in [4.78, 5) is 2.62. The molecular formula is C24H42N6. The number of piperidine rings is 1. The van der Waals surface area contributed by atoms with Crippen LogP contribution in [0.3, 0.4) is 0 Å². The summed E-state index contributed by atoms with van der Waals surface area (Å²) in [6.45, 7) is 15.0. The lowest BCUT2D eigenvalue weighted by atomic mass is 9.88. The van der Waals surface area contributed by atoms with Crippen LogP contribution in [0.15, 0.2) is 23.4 Å². The minimum absolute atomic E-state index is 0.256. The quantitative estimate of drug-likeness (QED) is 0.289. The van der Waals surface area contributed by atoms with Crippen LogP contribution in [0.1, 0.15) is 60.3 Å². The Balaban J connectivity index is 1.75. The van der Waals surface area contributed by atoms with Crippen LogP contribution in [0, 0.1) is 33.0 Å². The molecule has 1 heterocycles. The Hall–Kier alpha value is -1.95. The van der Waals surface area contributed by atoms with Gasteiger partial charge in [0.25, 0.3) is 0 Å². The van der Waals surface area contributed by atoms with Crippen LogP contribution in [0.5, 0.6) is 0 Å². The van der Waals surface area contributed by atoms with E-state index in [1.807, 2.05) is 6.92 Å². The van der Waals surface area contributed by atoms with Gasteiger partial charge >= 0.3 is 0 Å². The fourth-order valence-electron chi connectivity index (χ4n) is 4.40. The molecule has 1 saturated heterocycles. The Bertz CT molecular complexity index is 716. The number of hydrogen-bond acceptors (Lipinski definition) is 5. The summed E-state index contributed by atoms with van der Waals surface area (Å²) in [5.41, 5.74) is 2.90. The minimum atomic E-state index is 0.256. The van der Waals surface area contributed by atoms with E-state index in [4.69, 9.17) is 16.2 Å². The molecule has 2 rings (SSSR count). The predicted molar refractivity (Wildman–Crippen MR) is 128 cm³/mol. The van der Waals surface area contributed by atoms with Crippen LogP contribution in [-0.2, 0) is 0 Å². The number of likely N-dealkylation sites (tertiary alicyclic amines) is 1. The first-order valence-electron chi connectivity index (χ1n) is 11.2. The van der Waals surface area contributed by atoms with E-state index in [1.54, 1.807) is 26.1 Å². The van der Waals surface area contributed by atoms with Crippen LogP contribution >= 0.6 is 0 Å². The maximum absolute atomic E-state index is 8.22. The molecule has 0 aromatic carbocycles. The smallest absolute Gasteiger partial charge is 0.118 e. The standard InChI is InChI=1S/C24H42N6/c1-17(25)22(18(2)28-6)20(26)7-8-21(27)29-16-19-15-24(19)10-13-30(14-11-24)12-9-23(3,4)5/h7-8,19,25-26,28H,9-16H2,1-6H3,(H2,27,29)/b8-7-,22-18+,25-17?,26-20?. The summed E-state index contributed by atoms with van der Waals surface area (Å²) >= 11 is 0. The zero-order chi connectivity index (χ0) is 22.5. The van der Waals surface area contributed by atoms with Gasteiger partial charge in [-0.2, -0.15) is 0 Å². The molecule has 1 aliphatic heterocycles. The van der Waals surface area contributed by atoms with Gasteiger partial charge in [0.2, 0.25) is 0 Å². The molecule has 0 aromatic rings. The molecule has 1 unspecified atom stereocenters. The summed E-state index contributed by atoms with van der Waals surface area (Å²) in [5.74, 6) is 1.01. The van der Waals surface area contributed by atoms with Crippen molar-refractivity contribution in [3.05, 3.63) is 23.4 Å². The highest BCUT2D eigenvalue weighted by atomic mass is 15.1. The summed E-state index contributed by atoms with van der Waals surface area (Å²) < 4.78 is 0. The summed E-state index contributed by atoms with van der Waals surface area (Å²) in [6, 6.07) is 0. The SMILES string of the molecule is CN/C(C)=C(\C(C)=N)C(=N)/C=C\C(=N)NCC1CC12CCN(CCC(C)(C)C)CC2. The van der Waals surface area contributed by atoms with E-state index in [2.05, 4.69) is 36.3 Å². The highest BCUT2D eigenvalue weighted by molar-refractivity contribution is 6.26. The first-order chi connectivity index (χ1) is 14.0. The fraction of sp³-hybridized carbons (Fsp3) is 0.708. The van der Waals surface area contributed by atoms with Crippen molar-refractivity contribution < 1.29 is 0 Å². The first-order valence-corrected chi connectivity index (χ1v) is 11.2. The first kappa shape index (κ1) is 24.3. The molecule has 5 N–H and O–H groups in total. The summed E-state index contributed by atoms with van der Waals surface area (Å²) in [7, 11) is 1.79. The average Bonchev–Trinajstić information content (AvgIpc) is 3.35. The molecule has 0 radical (unpaired) electrons. The third kappa shape index (κ3) is 6.79. The molecule has 0 amide bonds. The number of nitrogens with one attached hydrogen (secondary N) is 5. The van der Waals surface area contributed by atoms with E-state index in [0.29, 0.717) is 33.9 Å². The van der Waals surface area contributed by atoms with Gasteiger partial charge in [-0.15, -0.1) is 0 Å². The van der Waals surface area contributed by atoms with Gasteiger partial charge in [-0.05, 0) is 88.1 Å². The second kappa shape index (κ2) is 9.90. The monoisotopic (exact) mass is 414 g/mol. The molecule has 1 aliphatic carbocycles. The zero-order valence-corrected chi connectivity index (χ0v) is 19.8. The van der Waals surface area contributed by atoms with Gasteiger partial charge in [-0.3, -0.25) is 5.41 Å². The largest absolute Gasteiger partial charge is 0.391 e. The molecule has 0 bridgehead atoms. The van der Waals surface area contributed by atoms with Crippen molar-refractivity contribution in [2.45, 2.75) is 60.3 Å². The third-order valence-electron chi connectivity index (χ3n) is 6.74. The van der Waals surface area contributed by atoms with E-state index >= 15 is 0 Å². The van der Waals surface area contributed by atoms with Gasteiger partial charge in [0, 0.05) is 30.6 Å². The summed E-state index contributed by atoms with van der Waals surface area (Å²) in [6.07, 6.45) is 8.35. The lowest BCUT2D eigenvalue weighted by Crippen LogP contribution is -2.37. The Morgan fingerprint density at radius 1 is 1.10 bits per heavy atom. The van der Waals surface area contributed by atoms with Gasteiger partial charge in [-0.1, -0.05) is 20.8 Å². The highest BCUT2D eigenvalue weighted by Gasteiger charge is 2.54. The Kier molecular flexibility index (Phi) is 8.03. The fourth-order valence-corrected chi connectivity index (χ4v) is 4.40. The minimum Gasteiger partial charge on any atom is -0.391 e. The van der Waals surface area contributed by atoms with E-state index in [9.17, 15) is 0 Å².